The molecule has 0 aromatic heterocycles. The van der Waals surface area contributed by atoms with Gasteiger partial charge in [-0.3, -0.25) is 4.90 Å². The van der Waals surface area contributed by atoms with Gasteiger partial charge in [-0.15, -0.1) is 0 Å². The summed E-state index contributed by atoms with van der Waals surface area (Å²) in [6.07, 6.45) is 6.86. The molecule has 0 amide bonds. The third-order valence-corrected chi connectivity index (χ3v) is 5.04. The number of hydrogen-bond donors (Lipinski definition) is 1. The Morgan fingerprint density at radius 2 is 2.00 bits per heavy atom. The molecule has 1 unspecified atom stereocenters. The van der Waals surface area contributed by atoms with Gasteiger partial charge < -0.3 is 5.32 Å². The van der Waals surface area contributed by atoms with Crippen LogP contribution in [0.2, 0.25) is 0 Å². The van der Waals surface area contributed by atoms with Crippen LogP contribution < -0.4 is 5.32 Å². The van der Waals surface area contributed by atoms with Gasteiger partial charge >= 0.3 is 0 Å². The Morgan fingerprint density at radius 1 is 1.16 bits per heavy atom. The Morgan fingerprint density at radius 3 is 2.68 bits per heavy atom. The summed E-state index contributed by atoms with van der Waals surface area (Å²) in [5.41, 5.74) is 1.42. The lowest BCUT2D eigenvalue weighted by Gasteiger charge is -2.31. The van der Waals surface area contributed by atoms with Crippen LogP contribution in [0.1, 0.15) is 37.7 Å². The average Bonchev–Trinajstić information content (AvgIpc) is 3.26. The fraction of sp³-hybridized carbons (Fsp3) is 0.625. The molecule has 1 aliphatic heterocycles. The van der Waals surface area contributed by atoms with Crippen molar-refractivity contribution < 1.29 is 0 Å². The van der Waals surface area contributed by atoms with Gasteiger partial charge in [0.1, 0.15) is 0 Å². The summed E-state index contributed by atoms with van der Waals surface area (Å²) < 4.78 is 1.25. The SMILES string of the molecule is Brc1ccccc1CN(CC1CCCCN1)C1CC1. The van der Waals surface area contributed by atoms with Gasteiger partial charge in [-0.1, -0.05) is 40.5 Å². The van der Waals surface area contributed by atoms with Gasteiger partial charge in [-0.05, 0) is 43.9 Å². The highest BCUT2D eigenvalue weighted by Gasteiger charge is 2.31. The van der Waals surface area contributed by atoms with Crippen LogP contribution in [0, 0.1) is 0 Å². The van der Waals surface area contributed by atoms with Crippen LogP contribution >= 0.6 is 15.9 Å². The Hall–Kier alpha value is -0.380. The largest absolute Gasteiger partial charge is 0.313 e. The molecule has 3 heteroatoms. The topological polar surface area (TPSA) is 15.3 Å². The Bertz CT molecular complexity index is 411. The highest BCUT2D eigenvalue weighted by Crippen LogP contribution is 2.30. The second kappa shape index (κ2) is 6.38. The first-order chi connectivity index (χ1) is 9.33. The van der Waals surface area contributed by atoms with E-state index in [4.69, 9.17) is 0 Å². The molecule has 1 atom stereocenters. The fourth-order valence-corrected chi connectivity index (χ4v) is 3.40. The first kappa shape index (κ1) is 13.6. The van der Waals surface area contributed by atoms with Crippen molar-refractivity contribution in [3.8, 4) is 0 Å². The third-order valence-electron chi connectivity index (χ3n) is 4.26. The average molecular weight is 323 g/mol. The molecule has 19 heavy (non-hydrogen) atoms. The van der Waals surface area contributed by atoms with Gasteiger partial charge in [0.2, 0.25) is 0 Å². The molecule has 0 radical (unpaired) electrons. The van der Waals surface area contributed by atoms with E-state index in [0.717, 1.165) is 12.6 Å². The molecule has 1 aromatic carbocycles. The molecule has 1 N–H and O–H groups in total. The molecule has 1 saturated heterocycles. The van der Waals surface area contributed by atoms with Crippen LogP contribution in [0.4, 0.5) is 0 Å². The highest BCUT2D eigenvalue weighted by atomic mass is 79.9. The maximum absolute atomic E-state index is 3.68. The summed E-state index contributed by atoms with van der Waals surface area (Å²) in [6, 6.07) is 10.2. The fourth-order valence-electron chi connectivity index (χ4n) is 2.99. The van der Waals surface area contributed by atoms with E-state index < -0.39 is 0 Å². The van der Waals surface area contributed by atoms with E-state index in [1.807, 2.05) is 0 Å². The maximum atomic E-state index is 3.68. The van der Waals surface area contributed by atoms with E-state index in [0.29, 0.717) is 6.04 Å². The lowest BCUT2D eigenvalue weighted by atomic mass is 10.0. The lowest BCUT2D eigenvalue weighted by Crippen LogP contribution is -2.44. The molecular weight excluding hydrogens is 300 g/mol. The summed E-state index contributed by atoms with van der Waals surface area (Å²) in [5, 5.41) is 3.68. The van der Waals surface area contributed by atoms with Crippen LogP contribution in [0.25, 0.3) is 0 Å². The second-order valence-corrected chi connectivity index (χ2v) is 6.75. The van der Waals surface area contributed by atoms with Gasteiger partial charge in [0, 0.05) is 29.6 Å². The first-order valence-electron chi connectivity index (χ1n) is 7.54. The molecule has 0 spiro atoms. The second-order valence-electron chi connectivity index (χ2n) is 5.90. The van der Waals surface area contributed by atoms with Crippen LogP contribution in [-0.2, 0) is 6.54 Å². The predicted molar refractivity (Wildman–Crippen MR) is 83.2 cm³/mol. The monoisotopic (exact) mass is 322 g/mol. The van der Waals surface area contributed by atoms with Crippen LogP contribution in [-0.4, -0.2) is 30.1 Å². The van der Waals surface area contributed by atoms with Gasteiger partial charge in [-0.25, -0.2) is 0 Å². The van der Waals surface area contributed by atoms with E-state index in [1.54, 1.807) is 0 Å². The van der Waals surface area contributed by atoms with E-state index >= 15 is 0 Å². The predicted octanol–water partition coefficient (Wildman–Crippen LogP) is 3.56. The number of benzene rings is 1. The third kappa shape index (κ3) is 3.80. The minimum absolute atomic E-state index is 0.705. The molecular formula is C16H23BrN2. The van der Waals surface area contributed by atoms with Crippen molar-refractivity contribution in [2.24, 2.45) is 0 Å². The Balaban J connectivity index is 1.62. The Kier molecular flexibility index (Phi) is 4.57. The summed E-state index contributed by atoms with van der Waals surface area (Å²) in [5.74, 6) is 0. The van der Waals surface area contributed by atoms with E-state index in [2.05, 4.69) is 50.4 Å². The number of piperidine rings is 1. The van der Waals surface area contributed by atoms with Crippen molar-refractivity contribution in [2.45, 2.75) is 50.7 Å². The molecule has 1 heterocycles. The van der Waals surface area contributed by atoms with Crippen molar-refractivity contribution in [1.29, 1.82) is 0 Å². The number of nitrogens with one attached hydrogen (secondary N) is 1. The van der Waals surface area contributed by atoms with Crippen molar-refractivity contribution in [3.05, 3.63) is 34.3 Å². The van der Waals surface area contributed by atoms with Crippen molar-refractivity contribution in [2.75, 3.05) is 13.1 Å². The highest BCUT2D eigenvalue weighted by molar-refractivity contribution is 9.10. The minimum Gasteiger partial charge on any atom is -0.313 e. The number of nitrogens with zero attached hydrogens (tertiary/aromatic N) is 1. The van der Waals surface area contributed by atoms with Crippen molar-refractivity contribution >= 4 is 15.9 Å². The van der Waals surface area contributed by atoms with Crippen LogP contribution in [0.3, 0.4) is 0 Å². The van der Waals surface area contributed by atoms with E-state index in [-0.39, 0.29) is 0 Å². The number of rotatable bonds is 5. The molecule has 0 bridgehead atoms. The smallest absolute Gasteiger partial charge is 0.0248 e. The molecule has 1 saturated carbocycles. The van der Waals surface area contributed by atoms with Gasteiger partial charge in [-0.2, -0.15) is 0 Å². The van der Waals surface area contributed by atoms with Crippen LogP contribution in [0.5, 0.6) is 0 Å². The maximum Gasteiger partial charge on any atom is 0.0248 e. The Labute approximate surface area is 124 Å². The standard InChI is InChI=1S/C16H23BrN2/c17-16-7-2-1-5-13(16)11-19(15-8-9-15)12-14-6-3-4-10-18-14/h1-2,5,7,14-15,18H,3-4,6,8-12H2. The zero-order chi connectivity index (χ0) is 13.1. The van der Waals surface area contributed by atoms with Crippen molar-refractivity contribution in [3.63, 3.8) is 0 Å². The normalized spacial score (nSPS) is 23.8. The molecule has 1 aromatic rings. The summed E-state index contributed by atoms with van der Waals surface area (Å²) >= 11 is 3.68. The molecule has 104 valence electrons. The molecule has 2 fully saturated rings. The van der Waals surface area contributed by atoms with Gasteiger partial charge in [0.25, 0.3) is 0 Å². The number of hydrogen-bond acceptors (Lipinski definition) is 2. The van der Waals surface area contributed by atoms with Crippen molar-refractivity contribution in [1.82, 2.24) is 10.2 Å². The molecule has 3 rings (SSSR count). The molecule has 1 aliphatic carbocycles. The minimum atomic E-state index is 0.705. The zero-order valence-corrected chi connectivity index (χ0v) is 13.0. The van der Waals surface area contributed by atoms with Gasteiger partial charge in [0.15, 0.2) is 0 Å². The van der Waals surface area contributed by atoms with E-state index in [9.17, 15) is 0 Å². The first-order valence-corrected chi connectivity index (χ1v) is 8.33. The molecule has 2 nitrogen and oxygen atoms in total. The van der Waals surface area contributed by atoms with Crippen LogP contribution in [0.15, 0.2) is 28.7 Å². The van der Waals surface area contributed by atoms with E-state index in [1.165, 1.54) is 55.2 Å². The summed E-state index contributed by atoms with van der Waals surface area (Å²) in [6.45, 7) is 3.51. The summed E-state index contributed by atoms with van der Waals surface area (Å²) in [4.78, 5) is 2.68. The zero-order valence-electron chi connectivity index (χ0n) is 11.4. The van der Waals surface area contributed by atoms with Gasteiger partial charge in [0.05, 0.1) is 0 Å². The molecule has 2 aliphatic rings. The number of halogens is 1. The summed E-state index contributed by atoms with van der Waals surface area (Å²) in [7, 11) is 0. The lowest BCUT2D eigenvalue weighted by molar-refractivity contribution is 0.208. The quantitative estimate of drug-likeness (QED) is 0.891.